The number of ketones is 1. The quantitative estimate of drug-likeness (QED) is 0.219. The first-order chi connectivity index (χ1) is 14.9. The molecule has 31 heavy (non-hydrogen) atoms. The number of nitrogens with zero attached hydrogens (tertiary/aromatic N) is 3. The lowest BCUT2D eigenvalue weighted by molar-refractivity contribution is -0.384. The Balaban J connectivity index is 1.92. The fourth-order valence-corrected chi connectivity index (χ4v) is 3.51. The average Bonchev–Trinajstić information content (AvgIpc) is 3.05. The van der Waals surface area contributed by atoms with Crippen LogP contribution in [0, 0.1) is 10.1 Å². The molecule has 0 radical (unpaired) electrons. The number of amides is 1. The fourth-order valence-electron chi connectivity index (χ4n) is 3.51. The van der Waals surface area contributed by atoms with Crippen LogP contribution in [0.4, 0.5) is 11.4 Å². The van der Waals surface area contributed by atoms with E-state index in [4.69, 9.17) is 0 Å². The molecule has 1 aromatic heterocycles. The van der Waals surface area contributed by atoms with E-state index >= 15 is 0 Å². The predicted octanol–water partition coefficient (Wildman–Crippen LogP) is 3.32. The summed E-state index contributed by atoms with van der Waals surface area (Å²) in [6.45, 7) is 0. The van der Waals surface area contributed by atoms with Gasteiger partial charge in [-0.3, -0.25) is 29.6 Å². The maximum absolute atomic E-state index is 13.0. The van der Waals surface area contributed by atoms with Gasteiger partial charge in [-0.25, -0.2) is 0 Å². The molecule has 1 aliphatic heterocycles. The van der Waals surface area contributed by atoms with Crippen molar-refractivity contribution in [1.82, 2.24) is 4.98 Å². The lowest BCUT2D eigenvalue weighted by Gasteiger charge is -2.25. The van der Waals surface area contributed by atoms with Crippen LogP contribution in [0.2, 0.25) is 0 Å². The standard InChI is InChI=1S/C22H15N3O6/c26-17-4-2-1-3-16(17)24-19(13-9-11-23-12-10-13)18(21(28)22(24)29)20(27)14-5-7-15(8-6-14)25(30)31/h1-12,19,26-27H/b20-18-. The largest absolute Gasteiger partial charge is 0.507 e. The number of anilines is 1. The number of aliphatic hydroxyl groups is 1. The lowest BCUT2D eigenvalue weighted by Crippen LogP contribution is -2.29. The van der Waals surface area contributed by atoms with E-state index in [1.165, 1.54) is 48.8 Å². The molecule has 2 N–H and O–H groups in total. The topological polar surface area (TPSA) is 134 Å². The van der Waals surface area contributed by atoms with E-state index in [0.717, 1.165) is 4.90 Å². The van der Waals surface area contributed by atoms with Crippen molar-refractivity contribution in [2.45, 2.75) is 6.04 Å². The third kappa shape index (κ3) is 3.38. The number of aliphatic hydroxyl groups excluding tert-OH is 1. The number of non-ortho nitro benzene ring substituents is 1. The zero-order valence-electron chi connectivity index (χ0n) is 15.9. The molecule has 1 aliphatic rings. The second-order valence-electron chi connectivity index (χ2n) is 6.74. The van der Waals surface area contributed by atoms with Gasteiger partial charge in [-0.2, -0.15) is 0 Å². The van der Waals surface area contributed by atoms with Gasteiger partial charge in [0.1, 0.15) is 11.5 Å². The molecule has 0 aliphatic carbocycles. The van der Waals surface area contributed by atoms with E-state index in [9.17, 15) is 29.9 Å². The Morgan fingerprint density at radius 2 is 1.65 bits per heavy atom. The van der Waals surface area contributed by atoms with Crippen molar-refractivity contribution >= 4 is 28.8 Å². The highest BCUT2D eigenvalue weighted by atomic mass is 16.6. The van der Waals surface area contributed by atoms with Crippen LogP contribution in [0.5, 0.6) is 5.75 Å². The van der Waals surface area contributed by atoms with Crippen molar-refractivity contribution in [1.29, 1.82) is 0 Å². The number of phenolic OH excluding ortho intramolecular Hbond substituents is 1. The summed E-state index contributed by atoms with van der Waals surface area (Å²) in [5.74, 6) is -2.56. The average molecular weight is 417 g/mol. The molecule has 1 unspecified atom stereocenters. The van der Waals surface area contributed by atoms with Gasteiger partial charge in [0.15, 0.2) is 0 Å². The van der Waals surface area contributed by atoms with Crippen LogP contribution in [-0.2, 0) is 9.59 Å². The van der Waals surface area contributed by atoms with Gasteiger partial charge in [-0.15, -0.1) is 0 Å². The SMILES string of the molecule is O=C1C(=O)N(c2ccccc2O)C(c2ccncc2)/C1=C(/O)c1ccc([N+](=O)[O-])cc1. The number of para-hydroxylation sites is 2. The monoisotopic (exact) mass is 417 g/mol. The minimum atomic E-state index is -1.04. The highest BCUT2D eigenvalue weighted by Crippen LogP contribution is 2.44. The number of aromatic hydroxyl groups is 1. The Hall–Kier alpha value is -4.53. The number of aromatic nitrogens is 1. The number of Topliss-reactive ketones (excluding diaryl/α,β-unsaturated/α-hetero) is 1. The number of carbonyl (C=O) groups is 2. The van der Waals surface area contributed by atoms with E-state index in [0.29, 0.717) is 5.56 Å². The van der Waals surface area contributed by atoms with Gasteiger partial charge in [-0.1, -0.05) is 12.1 Å². The molecule has 2 aromatic carbocycles. The molecule has 1 fully saturated rings. The van der Waals surface area contributed by atoms with Crippen molar-refractivity contribution < 1.29 is 24.7 Å². The summed E-state index contributed by atoms with van der Waals surface area (Å²) in [6, 6.07) is 13.2. The van der Waals surface area contributed by atoms with Crippen molar-refractivity contribution in [3.05, 3.63) is 99.9 Å². The fraction of sp³-hybridized carbons (Fsp3) is 0.0455. The first-order valence-corrected chi connectivity index (χ1v) is 9.14. The van der Waals surface area contributed by atoms with Gasteiger partial charge in [0.25, 0.3) is 17.4 Å². The van der Waals surface area contributed by atoms with Gasteiger partial charge in [0.05, 0.1) is 22.2 Å². The summed E-state index contributed by atoms with van der Waals surface area (Å²) in [6.07, 6.45) is 2.96. The van der Waals surface area contributed by atoms with Gasteiger partial charge in [0, 0.05) is 30.1 Å². The van der Waals surface area contributed by atoms with Crippen LogP contribution < -0.4 is 4.90 Å². The Kier molecular flexibility index (Phi) is 4.92. The molecule has 1 amide bonds. The zero-order chi connectivity index (χ0) is 22.1. The van der Waals surface area contributed by atoms with Crippen LogP contribution in [0.1, 0.15) is 17.2 Å². The van der Waals surface area contributed by atoms with Gasteiger partial charge in [-0.05, 0) is 42.0 Å². The number of carbonyl (C=O) groups excluding carboxylic acids is 2. The summed E-state index contributed by atoms with van der Waals surface area (Å²) in [5.41, 5.74) is 0.347. The number of hydrogen-bond acceptors (Lipinski definition) is 7. The molecule has 4 rings (SSSR count). The van der Waals surface area contributed by atoms with Crippen LogP contribution in [0.25, 0.3) is 5.76 Å². The maximum Gasteiger partial charge on any atom is 0.300 e. The lowest BCUT2D eigenvalue weighted by atomic mass is 9.95. The van der Waals surface area contributed by atoms with E-state index in [2.05, 4.69) is 4.98 Å². The molecule has 1 atom stereocenters. The minimum absolute atomic E-state index is 0.106. The van der Waals surface area contributed by atoms with Crippen LogP contribution >= 0.6 is 0 Å². The minimum Gasteiger partial charge on any atom is -0.507 e. The van der Waals surface area contributed by atoms with Crippen molar-refractivity contribution in [2.24, 2.45) is 0 Å². The van der Waals surface area contributed by atoms with Gasteiger partial charge < -0.3 is 10.2 Å². The number of pyridine rings is 1. The zero-order valence-corrected chi connectivity index (χ0v) is 15.9. The summed E-state index contributed by atoms with van der Waals surface area (Å²) < 4.78 is 0. The first kappa shape index (κ1) is 19.8. The highest BCUT2D eigenvalue weighted by Gasteiger charge is 2.47. The van der Waals surface area contributed by atoms with E-state index in [1.54, 1.807) is 24.3 Å². The van der Waals surface area contributed by atoms with E-state index in [-0.39, 0.29) is 28.3 Å². The molecule has 0 saturated carbocycles. The number of benzene rings is 2. The number of nitro benzene ring substituents is 1. The number of hydrogen-bond donors (Lipinski definition) is 2. The Bertz CT molecular complexity index is 1220. The first-order valence-electron chi connectivity index (χ1n) is 9.14. The molecule has 154 valence electrons. The summed E-state index contributed by atoms with van der Waals surface area (Å²) in [5, 5.41) is 32.1. The number of phenols is 1. The van der Waals surface area contributed by atoms with Gasteiger partial charge >= 0.3 is 0 Å². The Labute approximate surface area is 175 Å². The second kappa shape index (κ2) is 7.71. The number of nitro groups is 1. The highest BCUT2D eigenvalue weighted by molar-refractivity contribution is 6.51. The molecule has 2 heterocycles. The molecule has 9 heteroatoms. The van der Waals surface area contributed by atoms with Crippen molar-refractivity contribution in [3.63, 3.8) is 0 Å². The molecular formula is C22H15N3O6. The van der Waals surface area contributed by atoms with E-state index < -0.39 is 28.4 Å². The van der Waals surface area contributed by atoms with Crippen LogP contribution in [0.3, 0.4) is 0 Å². The maximum atomic E-state index is 13.0. The van der Waals surface area contributed by atoms with Crippen LogP contribution in [0.15, 0.2) is 78.6 Å². The second-order valence-corrected chi connectivity index (χ2v) is 6.74. The van der Waals surface area contributed by atoms with Crippen molar-refractivity contribution in [3.8, 4) is 5.75 Å². The third-order valence-electron chi connectivity index (χ3n) is 4.96. The molecule has 9 nitrogen and oxygen atoms in total. The number of rotatable bonds is 4. The Morgan fingerprint density at radius 1 is 1.00 bits per heavy atom. The predicted molar refractivity (Wildman–Crippen MR) is 110 cm³/mol. The molecular weight excluding hydrogens is 402 g/mol. The molecule has 0 spiro atoms. The Morgan fingerprint density at radius 3 is 2.26 bits per heavy atom. The molecule has 0 bridgehead atoms. The summed E-state index contributed by atoms with van der Waals surface area (Å²) in [7, 11) is 0. The van der Waals surface area contributed by atoms with E-state index in [1.807, 2.05) is 0 Å². The summed E-state index contributed by atoms with van der Waals surface area (Å²) >= 11 is 0. The van der Waals surface area contributed by atoms with Crippen LogP contribution in [-0.4, -0.2) is 31.8 Å². The van der Waals surface area contributed by atoms with Crippen molar-refractivity contribution in [2.75, 3.05) is 4.90 Å². The molecule has 1 saturated heterocycles. The summed E-state index contributed by atoms with van der Waals surface area (Å²) in [4.78, 5) is 41.3. The van der Waals surface area contributed by atoms with Gasteiger partial charge in [0.2, 0.25) is 0 Å². The third-order valence-corrected chi connectivity index (χ3v) is 4.96. The normalized spacial score (nSPS) is 17.7. The molecule has 3 aromatic rings. The smallest absolute Gasteiger partial charge is 0.300 e.